The molecule has 78 heavy (non-hydrogen) atoms. The highest BCUT2D eigenvalue weighted by Crippen LogP contribution is 2.53. The van der Waals surface area contributed by atoms with Gasteiger partial charge in [0.15, 0.2) is 0 Å². The number of hydrogen-bond donors (Lipinski definition) is 0. The molecular formula is C64H38F6N4O4. The van der Waals surface area contributed by atoms with Crippen molar-refractivity contribution in [2.45, 2.75) is 12.4 Å². The average molecular weight is 1040 g/mol. The molecule has 0 aliphatic carbocycles. The predicted octanol–water partition coefficient (Wildman–Crippen LogP) is 16.3. The Kier molecular flexibility index (Phi) is 11.0. The number of benzene rings is 11. The summed E-state index contributed by atoms with van der Waals surface area (Å²) in [6.07, 6.45) is -9.86. The number of anilines is 6. The fourth-order valence-corrected chi connectivity index (χ4v) is 11.5. The minimum Gasteiger partial charge on any atom is -0.311 e. The van der Waals surface area contributed by atoms with Crippen molar-refractivity contribution in [3.63, 3.8) is 0 Å². The summed E-state index contributed by atoms with van der Waals surface area (Å²) < 4.78 is 85.7. The number of carbonyl (C=O) groups is 4. The van der Waals surface area contributed by atoms with Gasteiger partial charge in [-0.25, -0.2) is 0 Å². The maximum atomic E-state index is 14.8. The minimum atomic E-state index is -4.96. The van der Waals surface area contributed by atoms with Crippen LogP contribution in [0.25, 0.3) is 65.3 Å². The molecule has 0 saturated heterocycles. The highest BCUT2D eigenvalue weighted by atomic mass is 19.4. The van der Waals surface area contributed by atoms with Crippen molar-refractivity contribution in [1.82, 2.24) is 9.80 Å². The molecule has 2 aliphatic rings. The molecule has 8 nitrogen and oxygen atoms in total. The first-order valence-electron chi connectivity index (χ1n) is 24.8. The van der Waals surface area contributed by atoms with Gasteiger partial charge in [0.05, 0.1) is 0 Å². The summed E-state index contributed by atoms with van der Waals surface area (Å²) in [5, 5.41) is 2.62. The van der Waals surface area contributed by atoms with Crippen molar-refractivity contribution >= 4 is 101 Å². The predicted molar refractivity (Wildman–Crippen MR) is 291 cm³/mol. The molecule has 380 valence electrons. The monoisotopic (exact) mass is 1040 g/mol. The van der Waals surface area contributed by atoms with E-state index in [1.807, 2.05) is 180 Å². The smallest absolute Gasteiger partial charge is 0.311 e. The average Bonchev–Trinajstić information content (AvgIpc) is 2.93. The molecule has 0 aromatic heterocycles. The van der Waals surface area contributed by atoms with Crippen LogP contribution in [0.3, 0.4) is 0 Å². The van der Waals surface area contributed by atoms with Crippen LogP contribution in [0.2, 0.25) is 0 Å². The SMILES string of the molecule is O=C1c2ccc3c4c(-c5ccc(N(c6ccccc6)c6ccccc6)cc5)cc5c6c(cc(-c7ccc(N(c8ccccc8)c8ccccc8)cc7)c(c7ccc(c2c37)C(=O)N1CC(F)(F)F)c64)C(=O)N(CC(F)(F)F)C5=O. The molecule has 11 aromatic carbocycles. The van der Waals surface area contributed by atoms with Crippen molar-refractivity contribution < 1.29 is 45.5 Å². The molecule has 0 spiro atoms. The molecule has 14 heteroatoms. The molecule has 0 unspecified atom stereocenters. The molecule has 0 bridgehead atoms. The Hall–Kier alpha value is -9.82. The second-order valence-electron chi connectivity index (χ2n) is 19.2. The molecule has 13 rings (SSSR count). The van der Waals surface area contributed by atoms with Crippen LogP contribution in [-0.2, 0) is 0 Å². The number of alkyl halides is 6. The first-order chi connectivity index (χ1) is 37.6. The third-order valence-corrected chi connectivity index (χ3v) is 14.6. The van der Waals surface area contributed by atoms with Crippen LogP contribution in [0.5, 0.6) is 0 Å². The van der Waals surface area contributed by atoms with Crippen LogP contribution >= 0.6 is 0 Å². The number of para-hydroxylation sites is 4. The Morgan fingerprint density at radius 1 is 0.295 bits per heavy atom. The summed E-state index contributed by atoms with van der Waals surface area (Å²) in [5.41, 5.74) is 6.02. The van der Waals surface area contributed by atoms with E-state index in [2.05, 4.69) is 0 Å². The maximum Gasteiger partial charge on any atom is 0.406 e. The fourth-order valence-electron chi connectivity index (χ4n) is 11.5. The number of nitrogens with zero attached hydrogens (tertiary/aromatic N) is 4. The summed E-state index contributed by atoms with van der Waals surface area (Å²) in [5.74, 6) is -4.59. The summed E-state index contributed by atoms with van der Waals surface area (Å²) in [6.45, 7) is -3.66. The van der Waals surface area contributed by atoms with E-state index in [1.54, 1.807) is 12.1 Å². The fraction of sp³-hybridized carbons (Fsp3) is 0.0625. The van der Waals surface area contributed by atoms with Gasteiger partial charge in [-0.05, 0) is 146 Å². The zero-order valence-electron chi connectivity index (χ0n) is 40.7. The number of rotatable bonds is 10. The van der Waals surface area contributed by atoms with Crippen LogP contribution in [0.15, 0.2) is 206 Å². The van der Waals surface area contributed by atoms with E-state index in [1.165, 1.54) is 24.3 Å². The maximum absolute atomic E-state index is 14.8. The normalized spacial score (nSPS) is 13.7. The standard InChI is InChI=1S/C64H38F6N4O4/c65-63(66,67)35-71-59(75)47-31-29-45-53-46(30-32-48(56(47)53)60(71)76)55-50(38-23-27-44(28-24-38)74(41-17-9-3-10-18-41)42-19-11-4-12-20-42)34-52-57-51(61(77)72(62(52)78)36-64(68,69)70)33-49(54(45)58(55)57)37-21-25-43(26-22-37)73(39-13-5-1-6-14-39)40-15-7-2-8-16-40/h1-34H,35-36H2. The number of hydrogen-bond acceptors (Lipinski definition) is 6. The first kappa shape index (κ1) is 47.9. The zero-order valence-corrected chi connectivity index (χ0v) is 40.7. The van der Waals surface area contributed by atoms with E-state index >= 15 is 0 Å². The minimum absolute atomic E-state index is 0.107. The van der Waals surface area contributed by atoms with Gasteiger partial charge in [0.25, 0.3) is 23.6 Å². The number of carbonyl (C=O) groups excluding carboxylic acids is 4. The van der Waals surface area contributed by atoms with E-state index in [0.717, 1.165) is 34.1 Å². The van der Waals surface area contributed by atoms with E-state index in [9.17, 15) is 45.5 Å². The van der Waals surface area contributed by atoms with Gasteiger partial charge in [0, 0.05) is 72.5 Å². The number of imide groups is 2. The van der Waals surface area contributed by atoms with E-state index in [-0.39, 0.29) is 42.8 Å². The Labute approximate surface area is 440 Å². The lowest BCUT2D eigenvalue weighted by Crippen LogP contribution is -2.45. The Bertz CT molecular complexity index is 3920. The van der Waals surface area contributed by atoms with E-state index in [0.29, 0.717) is 54.6 Å². The summed E-state index contributed by atoms with van der Waals surface area (Å²) in [7, 11) is 0. The number of amides is 4. The van der Waals surface area contributed by atoms with Gasteiger partial charge in [-0.3, -0.25) is 29.0 Å². The van der Waals surface area contributed by atoms with Gasteiger partial charge < -0.3 is 9.80 Å². The molecule has 0 atom stereocenters. The Morgan fingerprint density at radius 2 is 0.590 bits per heavy atom. The summed E-state index contributed by atoms with van der Waals surface area (Å²) >= 11 is 0. The second kappa shape index (κ2) is 17.9. The van der Waals surface area contributed by atoms with Crippen LogP contribution in [0, 0.1) is 0 Å². The molecule has 0 radical (unpaired) electrons. The molecular weight excluding hydrogens is 1000 g/mol. The molecule has 0 N–H and O–H groups in total. The quantitative estimate of drug-likeness (QED) is 0.0587. The summed E-state index contributed by atoms with van der Waals surface area (Å²) in [6, 6.07) is 62.2. The molecule has 0 fully saturated rings. The van der Waals surface area contributed by atoms with Crippen molar-refractivity contribution in [1.29, 1.82) is 0 Å². The van der Waals surface area contributed by atoms with Gasteiger partial charge in [-0.15, -0.1) is 0 Å². The van der Waals surface area contributed by atoms with Crippen molar-refractivity contribution in [3.8, 4) is 22.3 Å². The highest BCUT2D eigenvalue weighted by molar-refractivity contribution is 6.44. The third-order valence-electron chi connectivity index (χ3n) is 14.6. The van der Waals surface area contributed by atoms with E-state index < -0.39 is 49.1 Å². The molecule has 2 heterocycles. The van der Waals surface area contributed by atoms with Crippen molar-refractivity contribution in [2.75, 3.05) is 22.9 Å². The van der Waals surface area contributed by atoms with Gasteiger partial charge in [0.1, 0.15) is 13.1 Å². The Morgan fingerprint density at radius 3 is 0.910 bits per heavy atom. The number of fused-ring (bicyclic) bond motifs is 2. The van der Waals surface area contributed by atoms with Gasteiger partial charge >= 0.3 is 12.4 Å². The lowest BCUT2D eigenvalue weighted by Gasteiger charge is -2.32. The van der Waals surface area contributed by atoms with Crippen LogP contribution in [-0.4, -0.2) is 58.9 Å². The largest absolute Gasteiger partial charge is 0.406 e. The Balaban J connectivity index is 1.12. The topological polar surface area (TPSA) is 81.2 Å². The van der Waals surface area contributed by atoms with Gasteiger partial charge in [-0.1, -0.05) is 109 Å². The highest BCUT2D eigenvalue weighted by Gasteiger charge is 2.44. The third kappa shape index (κ3) is 7.77. The molecule has 0 saturated carbocycles. The van der Waals surface area contributed by atoms with Crippen LogP contribution in [0.1, 0.15) is 41.4 Å². The van der Waals surface area contributed by atoms with E-state index in [4.69, 9.17) is 0 Å². The molecule has 2 aliphatic heterocycles. The van der Waals surface area contributed by atoms with Gasteiger partial charge in [0.2, 0.25) is 0 Å². The van der Waals surface area contributed by atoms with Gasteiger partial charge in [-0.2, -0.15) is 26.3 Å². The second-order valence-corrected chi connectivity index (χ2v) is 19.2. The molecule has 11 aromatic rings. The first-order valence-corrected chi connectivity index (χ1v) is 24.8. The van der Waals surface area contributed by atoms with Crippen molar-refractivity contribution in [3.05, 3.63) is 229 Å². The lowest BCUT2D eigenvalue weighted by molar-refractivity contribution is -0.137. The lowest BCUT2D eigenvalue weighted by atomic mass is 9.77. The number of halogens is 6. The van der Waals surface area contributed by atoms with Crippen LogP contribution in [0.4, 0.5) is 60.5 Å². The summed E-state index contributed by atoms with van der Waals surface area (Å²) in [4.78, 5) is 62.4. The van der Waals surface area contributed by atoms with Crippen molar-refractivity contribution in [2.24, 2.45) is 0 Å². The van der Waals surface area contributed by atoms with Crippen LogP contribution < -0.4 is 9.80 Å². The molecule has 4 amide bonds. The zero-order chi connectivity index (χ0) is 53.8.